The molecule has 0 saturated heterocycles. The third kappa shape index (κ3) is 3.32. The molecule has 0 aromatic heterocycles. The lowest BCUT2D eigenvalue weighted by atomic mass is 9.96. The average molecular weight is 175 g/mol. The number of esters is 1. The van der Waals surface area contributed by atoms with Crippen LogP contribution in [0.25, 0.3) is 0 Å². The van der Waals surface area contributed by atoms with Gasteiger partial charge in [-0.2, -0.15) is 0 Å². The summed E-state index contributed by atoms with van der Waals surface area (Å²) in [6.07, 6.45) is 0. The summed E-state index contributed by atoms with van der Waals surface area (Å²) in [5, 5.41) is 10.1. The fourth-order valence-corrected chi connectivity index (χ4v) is 0.869. The average Bonchev–Trinajstić information content (AvgIpc) is 1.98. The highest BCUT2D eigenvalue weighted by atomic mass is 16.6. The smallest absolute Gasteiger partial charge is 0.315 e. The van der Waals surface area contributed by atoms with Crippen LogP contribution in [0.5, 0.6) is 0 Å². The molecule has 1 unspecified atom stereocenters. The van der Waals surface area contributed by atoms with Crippen molar-refractivity contribution in [2.24, 2.45) is 11.8 Å². The fraction of sp³-hybridized carbons (Fsp3) is 0.857. The van der Waals surface area contributed by atoms with Gasteiger partial charge in [-0.1, -0.05) is 13.8 Å². The topological polar surface area (TPSA) is 69.4 Å². The van der Waals surface area contributed by atoms with Gasteiger partial charge in [0, 0.05) is 4.92 Å². The van der Waals surface area contributed by atoms with Gasteiger partial charge in [0.25, 0.3) is 0 Å². The summed E-state index contributed by atoms with van der Waals surface area (Å²) in [7, 11) is 1.23. The van der Waals surface area contributed by atoms with Gasteiger partial charge in [0.15, 0.2) is 0 Å². The van der Waals surface area contributed by atoms with Crippen molar-refractivity contribution in [2.75, 3.05) is 13.7 Å². The Morgan fingerprint density at radius 1 is 1.58 bits per heavy atom. The molecule has 5 nitrogen and oxygen atoms in total. The van der Waals surface area contributed by atoms with Crippen LogP contribution in [0.3, 0.4) is 0 Å². The van der Waals surface area contributed by atoms with Crippen LogP contribution in [0.4, 0.5) is 0 Å². The molecule has 0 aliphatic carbocycles. The van der Waals surface area contributed by atoms with E-state index in [0.29, 0.717) is 0 Å². The van der Waals surface area contributed by atoms with E-state index in [1.807, 2.05) is 0 Å². The monoisotopic (exact) mass is 175 g/mol. The van der Waals surface area contributed by atoms with Crippen LogP contribution in [0, 0.1) is 22.0 Å². The highest BCUT2D eigenvalue weighted by Gasteiger charge is 2.27. The van der Waals surface area contributed by atoms with Crippen LogP contribution in [-0.2, 0) is 9.53 Å². The summed E-state index contributed by atoms with van der Waals surface area (Å²) in [6.45, 7) is 3.15. The van der Waals surface area contributed by atoms with Crippen LogP contribution in [0.15, 0.2) is 0 Å². The van der Waals surface area contributed by atoms with E-state index in [1.165, 1.54) is 7.11 Å². The number of hydrogen-bond acceptors (Lipinski definition) is 4. The lowest BCUT2D eigenvalue weighted by Crippen LogP contribution is -2.28. The van der Waals surface area contributed by atoms with Crippen molar-refractivity contribution in [2.45, 2.75) is 13.8 Å². The Morgan fingerprint density at radius 3 is 2.33 bits per heavy atom. The molecule has 0 aliphatic heterocycles. The van der Waals surface area contributed by atoms with E-state index >= 15 is 0 Å². The summed E-state index contributed by atoms with van der Waals surface area (Å²) in [6, 6.07) is 0. The Kier molecular flexibility index (Phi) is 4.25. The summed E-state index contributed by atoms with van der Waals surface area (Å²) < 4.78 is 4.43. The molecule has 0 rings (SSSR count). The minimum Gasteiger partial charge on any atom is -0.469 e. The van der Waals surface area contributed by atoms with Crippen molar-refractivity contribution in [3.05, 3.63) is 10.1 Å². The number of hydrogen-bond donors (Lipinski definition) is 0. The quantitative estimate of drug-likeness (QED) is 0.358. The maximum atomic E-state index is 11.0. The number of carbonyl (C=O) groups is 1. The maximum Gasteiger partial charge on any atom is 0.315 e. The molecule has 0 radical (unpaired) electrons. The first-order valence-corrected chi connectivity index (χ1v) is 3.68. The molecule has 0 spiro atoms. The normalized spacial score (nSPS) is 12.7. The third-order valence-electron chi connectivity index (χ3n) is 1.65. The Hall–Kier alpha value is -1.13. The molecule has 0 heterocycles. The molecule has 0 aliphatic rings. The number of nitro groups is 1. The van der Waals surface area contributed by atoms with Gasteiger partial charge >= 0.3 is 5.97 Å². The molecule has 0 aromatic carbocycles. The summed E-state index contributed by atoms with van der Waals surface area (Å²) in [5.41, 5.74) is 0. The zero-order chi connectivity index (χ0) is 9.72. The van der Waals surface area contributed by atoms with Crippen LogP contribution in [0.2, 0.25) is 0 Å². The molecule has 0 aromatic rings. The molecule has 0 N–H and O–H groups in total. The van der Waals surface area contributed by atoms with Gasteiger partial charge in [-0.05, 0) is 5.92 Å². The van der Waals surface area contributed by atoms with Crippen LogP contribution in [-0.4, -0.2) is 24.5 Å². The van der Waals surface area contributed by atoms with Crippen LogP contribution >= 0.6 is 0 Å². The Morgan fingerprint density at radius 2 is 2.08 bits per heavy atom. The zero-order valence-electron chi connectivity index (χ0n) is 7.44. The van der Waals surface area contributed by atoms with Crippen molar-refractivity contribution < 1.29 is 14.5 Å². The largest absolute Gasteiger partial charge is 0.469 e. The van der Waals surface area contributed by atoms with Crippen LogP contribution in [0.1, 0.15) is 13.8 Å². The van der Waals surface area contributed by atoms with Gasteiger partial charge in [0.05, 0.1) is 7.11 Å². The van der Waals surface area contributed by atoms with E-state index in [0.717, 1.165) is 0 Å². The van der Waals surface area contributed by atoms with Gasteiger partial charge in [-0.3, -0.25) is 14.9 Å². The summed E-state index contributed by atoms with van der Waals surface area (Å²) in [4.78, 5) is 20.6. The molecule has 70 valence electrons. The zero-order valence-corrected chi connectivity index (χ0v) is 7.44. The predicted octanol–water partition coefficient (Wildman–Crippen LogP) is 0.708. The molecular formula is C7H13NO4. The van der Waals surface area contributed by atoms with Crippen molar-refractivity contribution in [3.8, 4) is 0 Å². The van der Waals surface area contributed by atoms with E-state index in [4.69, 9.17) is 0 Å². The molecule has 5 heteroatoms. The standard InChI is InChI=1S/C7H13NO4/c1-5(2)6(4-8(10)11)7(9)12-3/h5-6H,4H2,1-3H3. The highest BCUT2D eigenvalue weighted by molar-refractivity contribution is 5.72. The fourth-order valence-electron chi connectivity index (χ4n) is 0.869. The van der Waals surface area contributed by atoms with E-state index in [9.17, 15) is 14.9 Å². The first-order valence-electron chi connectivity index (χ1n) is 3.68. The maximum absolute atomic E-state index is 11.0. The Balaban J connectivity index is 4.23. The lowest BCUT2D eigenvalue weighted by Gasteiger charge is -2.13. The van der Waals surface area contributed by atoms with Crippen molar-refractivity contribution >= 4 is 5.97 Å². The van der Waals surface area contributed by atoms with E-state index < -0.39 is 16.8 Å². The van der Waals surface area contributed by atoms with Crippen molar-refractivity contribution in [1.82, 2.24) is 0 Å². The van der Waals surface area contributed by atoms with Crippen molar-refractivity contribution in [1.29, 1.82) is 0 Å². The molecule has 0 fully saturated rings. The first kappa shape index (κ1) is 10.9. The van der Waals surface area contributed by atoms with E-state index in [-0.39, 0.29) is 12.5 Å². The van der Waals surface area contributed by atoms with Gasteiger partial charge in [-0.25, -0.2) is 0 Å². The predicted molar refractivity (Wildman–Crippen MR) is 42.2 cm³/mol. The van der Waals surface area contributed by atoms with Gasteiger partial charge in [0.1, 0.15) is 5.92 Å². The third-order valence-corrected chi connectivity index (χ3v) is 1.65. The summed E-state index contributed by atoms with van der Waals surface area (Å²) in [5.74, 6) is -1.21. The molecule has 0 saturated carbocycles. The minimum atomic E-state index is -0.634. The number of carbonyl (C=O) groups excluding carboxylic acids is 1. The second kappa shape index (κ2) is 4.69. The minimum absolute atomic E-state index is 0.0668. The highest BCUT2D eigenvalue weighted by Crippen LogP contribution is 2.12. The van der Waals surface area contributed by atoms with E-state index in [2.05, 4.69) is 4.74 Å². The molecule has 12 heavy (non-hydrogen) atoms. The number of methoxy groups -OCH3 is 1. The Bertz CT molecular complexity index is 178. The second-order valence-corrected chi connectivity index (χ2v) is 2.89. The number of nitrogens with zero attached hydrogens (tertiary/aromatic N) is 1. The Labute approximate surface area is 70.9 Å². The SMILES string of the molecule is COC(=O)C(C[N+](=O)[O-])C(C)C. The molecule has 0 amide bonds. The second-order valence-electron chi connectivity index (χ2n) is 2.89. The first-order chi connectivity index (χ1) is 5.49. The summed E-state index contributed by atoms with van der Waals surface area (Å²) >= 11 is 0. The molecule has 0 bridgehead atoms. The van der Waals surface area contributed by atoms with Gasteiger partial charge in [0.2, 0.25) is 6.54 Å². The van der Waals surface area contributed by atoms with Crippen molar-refractivity contribution in [3.63, 3.8) is 0 Å². The van der Waals surface area contributed by atoms with Crippen LogP contribution < -0.4 is 0 Å². The van der Waals surface area contributed by atoms with Gasteiger partial charge in [-0.15, -0.1) is 0 Å². The number of ether oxygens (including phenoxy) is 1. The van der Waals surface area contributed by atoms with Gasteiger partial charge < -0.3 is 4.74 Å². The molecular weight excluding hydrogens is 162 g/mol. The lowest BCUT2D eigenvalue weighted by molar-refractivity contribution is -0.487. The molecule has 1 atom stereocenters. The van der Waals surface area contributed by atoms with E-state index in [1.54, 1.807) is 13.8 Å². The number of rotatable bonds is 4.